The van der Waals surface area contributed by atoms with Gasteiger partial charge in [-0.1, -0.05) is 23.9 Å². The van der Waals surface area contributed by atoms with Crippen molar-refractivity contribution >= 4 is 11.8 Å². The third-order valence-electron chi connectivity index (χ3n) is 6.27. The fourth-order valence-corrected chi connectivity index (χ4v) is 5.49. The number of rotatable bonds is 7. The molecule has 1 aliphatic carbocycles. The number of aromatic nitrogens is 3. The van der Waals surface area contributed by atoms with Crippen LogP contribution in [0, 0.1) is 19.0 Å². The Labute approximate surface area is 217 Å². The van der Waals surface area contributed by atoms with E-state index >= 15 is 0 Å². The number of ether oxygens (including phenoxy) is 3. The first kappa shape index (κ1) is 24.5. The van der Waals surface area contributed by atoms with E-state index in [9.17, 15) is 0 Å². The molecule has 186 valence electrons. The lowest BCUT2D eigenvalue weighted by molar-refractivity contribution is -0.121. The Kier molecular flexibility index (Phi) is 8.27. The third kappa shape index (κ3) is 6.31. The Balaban J connectivity index is 1.27. The van der Waals surface area contributed by atoms with Crippen molar-refractivity contribution in [3.05, 3.63) is 77.9 Å². The van der Waals surface area contributed by atoms with E-state index in [2.05, 4.69) is 39.8 Å². The lowest BCUT2D eigenvalue weighted by atomic mass is 10.1. The molecule has 3 heterocycles. The number of benzene rings is 1. The molecule has 0 saturated carbocycles. The average Bonchev–Trinajstić information content (AvgIpc) is 3.32. The Hall–Kier alpha value is -3.21. The maximum atomic E-state index is 6.19. The van der Waals surface area contributed by atoms with Gasteiger partial charge in [-0.25, -0.2) is 4.98 Å². The topological polar surface area (TPSA) is 58.4 Å². The molecule has 2 aliphatic rings. The van der Waals surface area contributed by atoms with Gasteiger partial charge in [0.15, 0.2) is 5.16 Å². The molecule has 5 rings (SSSR count). The summed E-state index contributed by atoms with van der Waals surface area (Å²) in [6.45, 7) is 3.17. The average molecular weight is 502 g/mol. The molecule has 7 heteroatoms. The molecule has 3 aromatic rings. The monoisotopic (exact) mass is 501 g/mol. The van der Waals surface area contributed by atoms with Crippen LogP contribution in [0.15, 0.2) is 66.2 Å². The van der Waals surface area contributed by atoms with Crippen molar-refractivity contribution in [3.63, 3.8) is 0 Å². The molecule has 1 saturated heterocycles. The normalized spacial score (nSPS) is 19.4. The predicted molar refractivity (Wildman–Crippen MR) is 141 cm³/mol. The van der Waals surface area contributed by atoms with Gasteiger partial charge in [-0.2, -0.15) is 0 Å². The molecular weight excluding hydrogens is 470 g/mol. The minimum absolute atomic E-state index is 0.212. The highest BCUT2D eigenvalue weighted by molar-refractivity contribution is 7.99. The van der Waals surface area contributed by atoms with E-state index in [0.717, 1.165) is 59.3 Å². The lowest BCUT2D eigenvalue weighted by Gasteiger charge is -2.19. The Morgan fingerprint density at radius 2 is 2.14 bits per heavy atom. The minimum Gasteiger partial charge on any atom is -0.487 e. The first-order valence-corrected chi connectivity index (χ1v) is 13.5. The van der Waals surface area contributed by atoms with Gasteiger partial charge in [-0.05, 0) is 80.8 Å². The van der Waals surface area contributed by atoms with Gasteiger partial charge >= 0.3 is 0 Å². The number of allylic oxidation sites excluding steroid dienone is 1. The number of hydrogen-bond donors (Lipinski definition) is 0. The van der Waals surface area contributed by atoms with Crippen LogP contribution in [0.1, 0.15) is 55.3 Å². The smallest absolute Gasteiger partial charge is 0.210 e. The SMILES string of the molecule is Cc1cc(OCc2cnc(SC3C=CCCC3)n2-c2cccnc2)ccc1C#COC1CCCCO1. The lowest BCUT2D eigenvalue weighted by Crippen LogP contribution is -2.20. The molecule has 0 spiro atoms. The highest BCUT2D eigenvalue weighted by Gasteiger charge is 2.18. The van der Waals surface area contributed by atoms with Crippen LogP contribution in [-0.2, 0) is 16.1 Å². The molecule has 0 radical (unpaired) electrons. The quantitative estimate of drug-likeness (QED) is 0.283. The van der Waals surface area contributed by atoms with Crippen LogP contribution in [0.4, 0.5) is 0 Å². The molecule has 2 unspecified atom stereocenters. The van der Waals surface area contributed by atoms with E-state index in [0.29, 0.717) is 11.9 Å². The second kappa shape index (κ2) is 12.2. The predicted octanol–water partition coefficient (Wildman–Crippen LogP) is 6.21. The highest BCUT2D eigenvalue weighted by atomic mass is 32.2. The van der Waals surface area contributed by atoms with Crippen molar-refractivity contribution in [2.75, 3.05) is 6.61 Å². The van der Waals surface area contributed by atoms with E-state index in [1.807, 2.05) is 43.6 Å². The molecule has 1 aromatic carbocycles. The zero-order valence-electron chi connectivity index (χ0n) is 20.6. The van der Waals surface area contributed by atoms with Crippen molar-refractivity contribution in [1.82, 2.24) is 14.5 Å². The molecule has 36 heavy (non-hydrogen) atoms. The van der Waals surface area contributed by atoms with Crippen LogP contribution in [0.5, 0.6) is 5.75 Å². The van der Waals surface area contributed by atoms with Crippen LogP contribution in [0.25, 0.3) is 5.69 Å². The van der Waals surface area contributed by atoms with Crippen LogP contribution >= 0.6 is 11.8 Å². The van der Waals surface area contributed by atoms with Gasteiger partial charge in [0, 0.05) is 23.4 Å². The summed E-state index contributed by atoms with van der Waals surface area (Å²) >= 11 is 1.80. The summed E-state index contributed by atoms with van der Waals surface area (Å²) in [7, 11) is 0. The van der Waals surface area contributed by atoms with Gasteiger partial charge in [0.1, 0.15) is 18.5 Å². The second-order valence-corrected chi connectivity index (χ2v) is 10.2. The molecule has 1 aliphatic heterocycles. The summed E-state index contributed by atoms with van der Waals surface area (Å²) in [5, 5.41) is 1.40. The van der Waals surface area contributed by atoms with E-state index in [4.69, 9.17) is 19.2 Å². The summed E-state index contributed by atoms with van der Waals surface area (Å²) < 4.78 is 19.5. The standard InChI is InChI=1S/C29H31N3O3S/c1-22-18-26(13-12-23(22)14-17-34-28-11-5-6-16-33-28)35-21-25-20-31-29(36-27-9-3-2-4-10-27)32(25)24-8-7-15-30-19-24/h3,7-9,12-13,15,18-20,27-28H,2,4-6,10-11,16,21H2,1H3. The van der Waals surface area contributed by atoms with Crippen LogP contribution in [-0.4, -0.2) is 32.7 Å². The fourth-order valence-electron chi connectivity index (χ4n) is 4.31. The van der Waals surface area contributed by atoms with Gasteiger partial charge in [0.25, 0.3) is 0 Å². The van der Waals surface area contributed by atoms with Gasteiger partial charge in [-0.3, -0.25) is 9.55 Å². The molecular formula is C29H31N3O3S. The van der Waals surface area contributed by atoms with E-state index < -0.39 is 0 Å². The molecule has 2 atom stereocenters. The van der Waals surface area contributed by atoms with Crippen LogP contribution < -0.4 is 4.74 Å². The Morgan fingerprint density at radius 1 is 1.17 bits per heavy atom. The first-order chi connectivity index (χ1) is 17.8. The summed E-state index contributed by atoms with van der Waals surface area (Å²) in [6.07, 6.45) is 19.4. The fraction of sp³-hybridized carbons (Fsp3) is 0.379. The number of thioether (sulfide) groups is 1. The second-order valence-electron chi connectivity index (χ2n) is 9.00. The van der Waals surface area contributed by atoms with Crippen molar-refractivity contribution in [3.8, 4) is 23.5 Å². The summed E-state index contributed by atoms with van der Waals surface area (Å²) in [4.78, 5) is 9.06. The molecule has 2 aromatic heterocycles. The molecule has 0 N–H and O–H groups in total. The van der Waals surface area contributed by atoms with E-state index in [1.54, 1.807) is 18.0 Å². The third-order valence-corrected chi connectivity index (χ3v) is 7.47. The molecule has 0 amide bonds. The number of aryl methyl sites for hydroxylation is 1. The summed E-state index contributed by atoms with van der Waals surface area (Å²) in [5.74, 6) is 3.89. The number of nitrogens with zero attached hydrogens (tertiary/aromatic N) is 3. The first-order valence-electron chi connectivity index (χ1n) is 12.6. The number of pyridine rings is 1. The summed E-state index contributed by atoms with van der Waals surface area (Å²) in [6, 6.07) is 9.92. The highest BCUT2D eigenvalue weighted by Crippen LogP contribution is 2.32. The zero-order valence-corrected chi connectivity index (χ0v) is 21.4. The van der Waals surface area contributed by atoms with Crippen molar-refractivity contribution in [2.45, 2.75) is 68.8 Å². The van der Waals surface area contributed by atoms with E-state index in [1.165, 1.54) is 19.3 Å². The van der Waals surface area contributed by atoms with Gasteiger partial charge in [-0.15, -0.1) is 0 Å². The van der Waals surface area contributed by atoms with Gasteiger partial charge < -0.3 is 14.2 Å². The van der Waals surface area contributed by atoms with Crippen molar-refractivity contribution < 1.29 is 14.2 Å². The molecule has 0 bridgehead atoms. The van der Waals surface area contributed by atoms with Crippen molar-refractivity contribution in [1.29, 1.82) is 0 Å². The maximum Gasteiger partial charge on any atom is 0.210 e. The minimum atomic E-state index is -0.212. The van der Waals surface area contributed by atoms with Crippen LogP contribution in [0.3, 0.4) is 0 Å². The Bertz CT molecular complexity index is 1240. The van der Waals surface area contributed by atoms with E-state index in [-0.39, 0.29) is 6.29 Å². The largest absolute Gasteiger partial charge is 0.487 e. The molecule has 6 nitrogen and oxygen atoms in total. The van der Waals surface area contributed by atoms with Crippen molar-refractivity contribution in [2.24, 2.45) is 0 Å². The van der Waals surface area contributed by atoms with Gasteiger partial charge in [0.05, 0.1) is 30.4 Å². The summed E-state index contributed by atoms with van der Waals surface area (Å²) in [5.41, 5.74) is 3.92. The van der Waals surface area contributed by atoms with Gasteiger partial charge in [0.2, 0.25) is 6.29 Å². The number of hydrogen-bond acceptors (Lipinski definition) is 6. The molecule has 1 fully saturated rings. The Morgan fingerprint density at radius 3 is 2.92 bits per heavy atom. The zero-order chi connectivity index (χ0) is 24.6. The van der Waals surface area contributed by atoms with Crippen LogP contribution in [0.2, 0.25) is 0 Å². The number of imidazole rings is 1. The maximum absolute atomic E-state index is 6.19.